The van der Waals surface area contributed by atoms with Crippen LogP contribution < -0.4 is 0 Å². The zero-order valence-corrected chi connectivity index (χ0v) is 9.85. The van der Waals surface area contributed by atoms with Crippen molar-refractivity contribution >= 4 is 11.6 Å². The lowest BCUT2D eigenvalue weighted by Gasteiger charge is -2.11. The second kappa shape index (κ2) is 4.06. The Morgan fingerprint density at radius 1 is 0.824 bits per heavy atom. The molecule has 0 aromatic heterocycles. The van der Waals surface area contributed by atoms with E-state index in [0.717, 1.165) is 0 Å². The highest BCUT2D eigenvalue weighted by Crippen LogP contribution is 2.30. The van der Waals surface area contributed by atoms with Gasteiger partial charge in [0, 0.05) is 0 Å². The van der Waals surface area contributed by atoms with Gasteiger partial charge in [0.15, 0.2) is 0 Å². The lowest BCUT2D eigenvalue weighted by molar-refractivity contribution is 1.40. The molecule has 0 heterocycles. The number of rotatable bonds is 1. The molecule has 0 fully saturated rings. The second-order valence-electron chi connectivity index (χ2n) is 4.33. The zero-order valence-electron chi connectivity index (χ0n) is 9.85. The number of hydrogen-bond acceptors (Lipinski definition) is 0. The van der Waals surface area contributed by atoms with Crippen LogP contribution in [0.25, 0.3) is 11.6 Å². The highest BCUT2D eigenvalue weighted by atomic mass is 14.1. The summed E-state index contributed by atoms with van der Waals surface area (Å²) in [6, 6.07) is 17.0. The summed E-state index contributed by atoms with van der Waals surface area (Å²) in [4.78, 5) is 0. The van der Waals surface area contributed by atoms with Gasteiger partial charge in [-0.25, -0.2) is 0 Å². The van der Waals surface area contributed by atoms with E-state index in [2.05, 4.69) is 73.7 Å². The van der Waals surface area contributed by atoms with Gasteiger partial charge in [0.2, 0.25) is 0 Å². The van der Waals surface area contributed by atoms with Gasteiger partial charge in [-0.2, -0.15) is 0 Å². The maximum Gasteiger partial charge on any atom is -0.0109 e. The van der Waals surface area contributed by atoms with E-state index in [4.69, 9.17) is 0 Å². The van der Waals surface area contributed by atoms with Crippen LogP contribution in [0.4, 0.5) is 0 Å². The SMILES string of the molecule is Cc1c2cccc1C(c1ccccc1)=CC=C2. The molecule has 0 N–H and O–H groups in total. The summed E-state index contributed by atoms with van der Waals surface area (Å²) >= 11 is 0. The van der Waals surface area contributed by atoms with E-state index in [1.54, 1.807) is 0 Å². The Kier molecular flexibility index (Phi) is 2.41. The van der Waals surface area contributed by atoms with Gasteiger partial charge >= 0.3 is 0 Å². The molecule has 0 nitrogen and oxygen atoms in total. The highest BCUT2D eigenvalue weighted by molar-refractivity contribution is 5.86. The van der Waals surface area contributed by atoms with Crippen LogP contribution in [0.1, 0.15) is 22.3 Å². The van der Waals surface area contributed by atoms with Crippen molar-refractivity contribution in [1.29, 1.82) is 0 Å². The first-order valence-electron chi connectivity index (χ1n) is 5.90. The molecule has 0 unspecified atom stereocenters. The molecule has 0 radical (unpaired) electrons. The topological polar surface area (TPSA) is 0 Å². The first-order chi connectivity index (χ1) is 8.36. The van der Waals surface area contributed by atoms with Crippen LogP contribution in [0.2, 0.25) is 0 Å². The maximum atomic E-state index is 2.20. The van der Waals surface area contributed by atoms with E-state index in [0.29, 0.717) is 0 Å². The summed E-state index contributed by atoms with van der Waals surface area (Å²) in [5.41, 5.74) is 6.58. The molecule has 1 aliphatic carbocycles. The van der Waals surface area contributed by atoms with Gasteiger partial charge in [0.05, 0.1) is 0 Å². The Hall–Kier alpha value is -2.08. The molecule has 1 aliphatic rings. The van der Waals surface area contributed by atoms with Crippen LogP contribution in [0.3, 0.4) is 0 Å². The van der Waals surface area contributed by atoms with E-state index in [1.165, 1.54) is 27.8 Å². The van der Waals surface area contributed by atoms with E-state index < -0.39 is 0 Å². The molecule has 0 aliphatic heterocycles. The van der Waals surface area contributed by atoms with Gasteiger partial charge in [0.1, 0.15) is 0 Å². The van der Waals surface area contributed by atoms with Crippen molar-refractivity contribution in [2.45, 2.75) is 6.92 Å². The zero-order chi connectivity index (χ0) is 11.7. The van der Waals surface area contributed by atoms with E-state index in [1.807, 2.05) is 0 Å². The average Bonchev–Trinajstić information content (AvgIpc) is 2.48. The fraction of sp³-hybridized carbons (Fsp3) is 0.0588. The Morgan fingerprint density at radius 3 is 2.47 bits per heavy atom. The maximum absolute atomic E-state index is 2.20. The minimum absolute atomic E-state index is 1.28. The largest absolute Gasteiger partial charge is 0.0622 e. The van der Waals surface area contributed by atoms with E-state index >= 15 is 0 Å². The van der Waals surface area contributed by atoms with E-state index in [-0.39, 0.29) is 0 Å². The summed E-state index contributed by atoms with van der Waals surface area (Å²) in [5.74, 6) is 0. The van der Waals surface area contributed by atoms with E-state index in [9.17, 15) is 0 Å². The van der Waals surface area contributed by atoms with Crippen molar-refractivity contribution in [3.63, 3.8) is 0 Å². The summed E-state index contributed by atoms with van der Waals surface area (Å²) in [7, 11) is 0. The summed E-state index contributed by atoms with van der Waals surface area (Å²) in [6.45, 7) is 2.19. The van der Waals surface area contributed by atoms with Gasteiger partial charge in [-0.05, 0) is 34.8 Å². The van der Waals surface area contributed by atoms with Gasteiger partial charge in [-0.3, -0.25) is 0 Å². The molecule has 17 heavy (non-hydrogen) atoms. The Morgan fingerprint density at radius 2 is 1.65 bits per heavy atom. The number of allylic oxidation sites excluding steroid dienone is 2. The van der Waals surface area contributed by atoms with Gasteiger partial charge in [-0.15, -0.1) is 0 Å². The summed E-state index contributed by atoms with van der Waals surface area (Å²) in [5, 5.41) is 0. The average molecular weight is 218 g/mol. The van der Waals surface area contributed by atoms with Crippen LogP contribution in [0.5, 0.6) is 0 Å². The molecule has 0 spiro atoms. The number of benzene rings is 2. The third kappa shape index (κ3) is 1.72. The van der Waals surface area contributed by atoms with Crippen LogP contribution in [0.15, 0.2) is 60.7 Å². The Balaban J connectivity index is 2.23. The molecule has 2 bridgehead atoms. The summed E-state index contributed by atoms with van der Waals surface area (Å²) in [6.07, 6.45) is 6.51. The van der Waals surface area contributed by atoms with Gasteiger partial charge < -0.3 is 0 Å². The smallest absolute Gasteiger partial charge is 0.0109 e. The second-order valence-corrected chi connectivity index (χ2v) is 4.33. The molecule has 0 heteroatoms. The quantitative estimate of drug-likeness (QED) is 0.663. The Labute approximate surface area is 102 Å². The molecule has 0 saturated carbocycles. The van der Waals surface area contributed by atoms with Crippen molar-refractivity contribution in [2.75, 3.05) is 0 Å². The molecule has 2 aromatic carbocycles. The minimum Gasteiger partial charge on any atom is -0.0622 e. The predicted molar refractivity (Wildman–Crippen MR) is 73.7 cm³/mol. The number of fused-ring (bicyclic) bond motifs is 2. The molecule has 82 valence electrons. The number of hydrogen-bond donors (Lipinski definition) is 0. The van der Waals surface area contributed by atoms with Crippen LogP contribution >= 0.6 is 0 Å². The predicted octanol–water partition coefficient (Wildman–Crippen LogP) is 4.45. The molecule has 0 atom stereocenters. The first kappa shape index (κ1) is 10.1. The van der Waals surface area contributed by atoms with Gasteiger partial charge in [-0.1, -0.05) is 66.8 Å². The van der Waals surface area contributed by atoms with Crippen molar-refractivity contribution in [3.05, 3.63) is 82.9 Å². The first-order valence-corrected chi connectivity index (χ1v) is 5.90. The van der Waals surface area contributed by atoms with Gasteiger partial charge in [0.25, 0.3) is 0 Å². The van der Waals surface area contributed by atoms with Crippen molar-refractivity contribution in [1.82, 2.24) is 0 Å². The Bertz CT molecular complexity index is 601. The normalized spacial score (nSPS) is 13.1. The third-order valence-corrected chi connectivity index (χ3v) is 3.29. The lowest BCUT2D eigenvalue weighted by atomic mass is 9.93. The molecule has 0 saturated heterocycles. The molecular weight excluding hydrogens is 204 g/mol. The fourth-order valence-corrected chi connectivity index (χ4v) is 2.33. The molecule has 0 amide bonds. The molecule has 3 rings (SSSR count). The van der Waals surface area contributed by atoms with Crippen molar-refractivity contribution in [3.8, 4) is 0 Å². The highest BCUT2D eigenvalue weighted by Gasteiger charge is 2.10. The standard InChI is InChI=1S/C17H14/c1-13-14-9-5-11-16(13)17(12-6-10-14)15-7-3-2-4-8-15/h2-12H,1H3. The van der Waals surface area contributed by atoms with Crippen LogP contribution in [0, 0.1) is 6.92 Å². The van der Waals surface area contributed by atoms with Crippen molar-refractivity contribution in [2.24, 2.45) is 0 Å². The molecule has 2 aromatic rings. The minimum atomic E-state index is 1.28. The van der Waals surface area contributed by atoms with Crippen LogP contribution in [-0.2, 0) is 0 Å². The third-order valence-electron chi connectivity index (χ3n) is 3.29. The molecular formula is C17H14. The van der Waals surface area contributed by atoms with Crippen molar-refractivity contribution < 1.29 is 0 Å². The summed E-state index contributed by atoms with van der Waals surface area (Å²) < 4.78 is 0. The van der Waals surface area contributed by atoms with Crippen LogP contribution in [-0.4, -0.2) is 0 Å². The lowest BCUT2D eigenvalue weighted by Crippen LogP contribution is -1.91. The fourth-order valence-electron chi connectivity index (χ4n) is 2.33. The monoisotopic (exact) mass is 218 g/mol.